The molecule has 0 atom stereocenters. The van der Waals surface area contributed by atoms with E-state index in [1.54, 1.807) is 0 Å². The van der Waals surface area contributed by atoms with E-state index in [2.05, 4.69) is 0 Å². The second-order valence-corrected chi connectivity index (χ2v) is 5.44. The van der Waals surface area contributed by atoms with Gasteiger partial charge >= 0.3 is 0 Å². The minimum absolute atomic E-state index is 0.0272. The monoisotopic (exact) mass is 270 g/mol. The standard InChI is InChI=1S/C17H18O3/c1-10(2)14-9-12-7-6-11(3)13(5-4-8-18)15(12)17(20)16(14)19/h6-10H,4-5H2,1-3H3. The average Bonchev–Trinajstić information content (AvgIpc) is 2.41. The highest BCUT2D eigenvalue weighted by Crippen LogP contribution is 2.30. The minimum atomic E-state index is -0.434. The lowest BCUT2D eigenvalue weighted by Gasteiger charge is -2.20. The summed E-state index contributed by atoms with van der Waals surface area (Å²) in [5.74, 6) is -0.819. The predicted octanol–water partition coefficient (Wildman–Crippen LogP) is 2.93. The Labute approximate surface area is 118 Å². The number of hydrogen-bond donors (Lipinski definition) is 0. The van der Waals surface area contributed by atoms with Crippen LogP contribution in [0.3, 0.4) is 0 Å². The molecular weight excluding hydrogens is 252 g/mol. The zero-order chi connectivity index (χ0) is 14.9. The molecule has 104 valence electrons. The van der Waals surface area contributed by atoms with Crippen LogP contribution in [0.2, 0.25) is 0 Å². The molecule has 20 heavy (non-hydrogen) atoms. The molecule has 0 radical (unpaired) electrons. The Morgan fingerprint density at radius 1 is 1.15 bits per heavy atom. The molecule has 0 fully saturated rings. The van der Waals surface area contributed by atoms with Gasteiger partial charge in [0, 0.05) is 17.6 Å². The third-order valence-corrected chi connectivity index (χ3v) is 3.72. The largest absolute Gasteiger partial charge is 0.303 e. The summed E-state index contributed by atoms with van der Waals surface area (Å²) in [6.45, 7) is 5.72. The highest BCUT2D eigenvalue weighted by molar-refractivity contribution is 6.52. The lowest BCUT2D eigenvalue weighted by Crippen LogP contribution is -2.25. The van der Waals surface area contributed by atoms with Gasteiger partial charge in [0.1, 0.15) is 6.29 Å². The van der Waals surface area contributed by atoms with Gasteiger partial charge in [-0.15, -0.1) is 0 Å². The molecule has 1 aliphatic rings. The van der Waals surface area contributed by atoms with Crippen LogP contribution in [0, 0.1) is 12.8 Å². The van der Waals surface area contributed by atoms with Gasteiger partial charge in [-0.1, -0.05) is 26.0 Å². The van der Waals surface area contributed by atoms with E-state index in [0.29, 0.717) is 24.0 Å². The molecule has 1 aromatic rings. The van der Waals surface area contributed by atoms with Gasteiger partial charge < -0.3 is 4.79 Å². The Morgan fingerprint density at radius 3 is 2.45 bits per heavy atom. The van der Waals surface area contributed by atoms with Crippen LogP contribution in [-0.2, 0) is 16.0 Å². The number of carbonyl (C=O) groups excluding carboxylic acids is 3. The number of fused-ring (bicyclic) bond motifs is 1. The van der Waals surface area contributed by atoms with Crippen molar-refractivity contribution >= 4 is 23.9 Å². The summed E-state index contributed by atoms with van der Waals surface area (Å²) in [4.78, 5) is 35.1. The van der Waals surface area contributed by atoms with Crippen molar-refractivity contribution < 1.29 is 14.4 Å². The summed E-state index contributed by atoms with van der Waals surface area (Å²) >= 11 is 0. The van der Waals surface area contributed by atoms with Gasteiger partial charge in [-0.05, 0) is 42.0 Å². The molecule has 0 heterocycles. The highest BCUT2D eigenvalue weighted by Gasteiger charge is 2.31. The molecule has 0 spiro atoms. The second-order valence-electron chi connectivity index (χ2n) is 5.44. The lowest BCUT2D eigenvalue weighted by atomic mass is 9.81. The summed E-state index contributed by atoms with van der Waals surface area (Å²) in [7, 11) is 0. The summed E-state index contributed by atoms with van der Waals surface area (Å²) in [6.07, 6.45) is 3.51. The van der Waals surface area contributed by atoms with Crippen molar-refractivity contribution in [2.45, 2.75) is 33.6 Å². The minimum Gasteiger partial charge on any atom is -0.303 e. The molecule has 1 aromatic carbocycles. The van der Waals surface area contributed by atoms with E-state index in [0.717, 1.165) is 23.0 Å². The van der Waals surface area contributed by atoms with Gasteiger partial charge in [-0.3, -0.25) is 9.59 Å². The number of ketones is 2. The number of aryl methyl sites for hydroxylation is 1. The maximum Gasteiger partial charge on any atom is 0.234 e. The zero-order valence-electron chi connectivity index (χ0n) is 12.0. The number of hydrogen-bond acceptors (Lipinski definition) is 3. The number of Topliss-reactive ketones (excluding diaryl/α,β-unsaturated/α-hetero) is 2. The normalized spacial score (nSPS) is 14.3. The average molecular weight is 270 g/mol. The van der Waals surface area contributed by atoms with Crippen molar-refractivity contribution in [1.29, 1.82) is 0 Å². The number of carbonyl (C=O) groups is 3. The molecule has 0 bridgehead atoms. The molecule has 0 aliphatic heterocycles. The molecular formula is C17H18O3. The molecule has 3 nitrogen and oxygen atoms in total. The van der Waals surface area contributed by atoms with Gasteiger partial charge in [0.2, 0.25) is 11.6 Å². The Balaban J connectivity index is 2.63. The SMILES string of the molecule is Cc1ccc2c(c1CCC=O)C(=O)C(=O)C(C(C)C)=C2. The van der Waals surface area contributed by atoms with Crippen LogP contribution in [0.25, 0.3) is 6.08 Å². The molecule has 0 N–H and O–H groups in total. The first-order valence-electron chi connectivity index (χ1n) is 6.84. The van der Waals surface area contributed by atoms with Crippen LogP contribution >= 0.6 is 0 Å². The van der Waals surface area contributed by atoms with Crippen molar-refractivity contribution in [3.05, 3.63) is 40.0 Å². The van der Waals surface area contributed by atoms with E-state index in [1.807, 2.05) is 39.0 Å². The van der Waals surface area contributed by atoms with Crippen molar-refractivity contribution in [2.75, 3.05) is 0 Å². The maximum absolute atomic E-state index is 12.4. The molecule has 0 saturated carbocycles. The first-order chi connectivity index (χ1) is 9.47. The maximum atomic E-state index is 12.4. The van der Waals surface area contributed by atoms with Crippen LogP contribution in [0.4, 0.5) is 0 Å². The lowest BCUT2D eigenvalue weighted by molar-refractivity contribution is -0.112. The first-order valence-corrected chi connectivity index (χ1v) is 6.84. The second kappa shape index (κ2) is 5.53. The van der Waals surface area contributed by atoms with Crippen molar-refractivity contribution in [2.24, 2.45) is 5.92 Å². The van der Waals surface area contributed by atoms with Crippen LogP contribution in [0.1, 0.15) is 47.3 Å². The first kappa shape index (κ1) is 14.4. The third kappa shape index (κ3) is 2.36. The van der Waals surface area contributed by atoms with Crippen LogP contribution in [0.15, 0.2) is 17.7 Å². The van der Waals surface area contributed by atoms with Crippen LogP contribution < -0.4 is 0 Å². The smallest absolute Gasteiger partial charge is 0.234 e. The number of allylic oxidation sites excluding steroid dienone is 1. The van der Waals surface area contributed by atoms with E-state index in [1.165, 1.54) is 0 Å². The van der Waals surface area contributed by atoms with E-state index in [-0.39, 0.29) is 5.92 Å². The fourth-order valence-corrected chi connectivity index (χ4v) is 2.59. The fraction of sp³-hybridized carbons (Fsp3) is 0.353. The molecule has 3 heteroatoms. The van der Waals surface area contributed by atoms with E-state index < -0.39 is 11.6 Å². The Bertz CT molecular complexity index is 621. The highest BCUT2D eigenvalue weighted by atomic mass is 16.2. The number of benzene rings is 1. The van der Waals surface area contributed by atoms with Gasteiger partial charge in [0.05, 0.1) is 0 Å². The number of aldehydes is 1. The Kier molecular flexibility index (Phi) is 3.98. The van der Waals surface area contributed by atoms with Crippen molar-refractivity contribution in [3.8, 4) is 0 Å². The summed E-state index contributed by atoms with van der Waals surface area (Å²) in [5, 5.41) is 0. The predicted molar refractivity (Wildman–Crippen MR) is 77.7 cm³/mol. The zero-order valence-corrected chi connectivity index (χ0v) is 12.0. The van der Waals surface area contributed by atoms with Crippen molar-refractivity contribution in [3.63, 3.8) is 0 Å². The summed E-state index contributed by atoms with van der Waals surface area (Å²) < 4.78 is 0. The Morgan fingerprint density at radius 2 is 1.85 bits per heavy atom. The fourth-order valence-electron chi connectivity index (χ4n) is 2.59. The molecule has 1 aliphatic carbocycles. The van der Waals surface area contributed by atoms with Crippen molar-refractivity contribution in [1.82, 2.24) is 0 Å². The number of rotatable bonds is 4. The molecule has 0 unspecified atom stereocenters. The van der Waals surface area contributed by atoms with E-state index in [4.69, 9.17) is 0 Å². The van der Waals surface area contributed by atoms with Gasteiger partial charge in [-0.25, -0.2) is 0 Å². The molecule has 0 saturated heterocycles. The van der Waals surface area contributed by atoms with Crippen LogP contribution in [0.5, 0.6) is 0 Å². The molecule has 0 aromatic heterocycles. The summed E-state index contributed by atoms with van der Waals surface area (Å²) in [6, 6.07) is 3.82. The van der Waals surface area contributed by atoms with E-state index in [9.17, 15) is 14.4 Å². The summed E-state index contributed by atoms with van der Waals surface area (Å²) in [5.41, 5.74) is 3.62. The third-order valence-electron chi connectivity index (χ3n) is 3.72. The topological polar surface area (TPSA) is 51.2 Å². The van der Waals surface area contributed by atoms with E-state index >= 15 is 0 Å². The molecule has 2 rings (SSSR count). The Hall–Kier alpha value is -2.03. The van der Waals surface area contributed by atoms with Gasteiger partial charge in [-0.2, -0.15) is 0 Å². The van der Waals surface area contributed by atoms with Gasteiger partial charge in [0.25, 0.3) is 0 Å². The van der Waals surface area contributed by atoms with Crippen LogP contribution in [-0.4, -0.2) is 17.9 Å². The quantitative estimate of drug-likeness (QED) is 0.624. The van der Waals surface area contributed by atoms with Gasteiger partial charge in [0.15, 0.2) is 0 Å². The molecule has 0 amide bonds.